The van der Waals surface area contributed by atoms with Gasteiger partial charge in [-0.1, -0.05) is 12.1 Å². The number of ether oxygens (including phenoxy) is 1. The van der Waals surface area contributed by atoms with E-state index in [9.17, 15) is 18.0 Å². The molecule has 0 bridgehead atoms. The van der Waals surface area contributed by atoms with Gasteiger partial charge in [0.25, 0.3) is 0 Å². The Balaban J connectivity index is 1.92. The number of thioether (sulfide) groups is 1. The number of rotatable bonds is 6. The molecule has 0 spiro atoms. The SMILES string of the molecule is COC1(CNC(=O)C(=O)Nc2ccccc2SC)CCN(S(C)(=O)=O)CC1. The molecular weight excluding hydrogens is 390 g/mol. The molecule has 0 atom stereocenters. The molecule has 0 aromatic heterocycles. The summed E-state index contributed by atoms with van der Waals surface area (Å²) in [5.74, 6) is -1.51. The van der Waals surface area contributed by atoms with Crippen molar-refractivity contribution in [3.63, 3.8) is 0 Å². The lowest BCUT2D eigenvalue weighted by molar-refractivity contribution is -0.137. The average molecular weight is 416 g/mol. The molecule has 1 aromatic carbocycles. The van der Waals surface area contributed by atoms with Crippen LogP contribution in [0.1, 0.15) is 12.8 Å². The van der Waals surface area contributed by atoms with Crippen LogP contribution >= 0.6 is 11.8 Å². The monoisotopic (exact) mass is 415 g/mol. The third kappa shape index (κ3) is 5.68. The number of para-hydroxylation sites is 1. The van der Waals surface area contributed by atoms with Crippen LogP contribution in [0.15, 0.2) is 29.2 Å². The van der Waals surface area contributed by atoms with Crippen LogP contribution in [0, 0.1) is 0 Å². The Morgan fingerprint density at radius 2 is 1.85 bits per heavy atom. The topological polar surface area (TPSA) is 105 Å². The van der Waals surface area contributed by atoms with E-state index in [2.05, 4.69) is 10.6 Å². The minimum absolute atomic E-state index is 0.136. The summed E-state index contributed by atoms with van der Waals surface area (Å²) in [5, 5.41) is 5.21. The fraction of sp³-hybridized carbons (Fsp3) is 0.529. The van der Waals surface area contributed by atoms with Gasteiger partial charge in [-0.05, 0) is 31.2 Å². The van der Waals surface area contributed by atoms with Gasteiger partial charge in [-0.2, -0.15) is 0 Å². The Labute approximate surface area is 164 Å². The number of hydrogen-bond donors (Lipinski definition) is 2. The average Bonchev–Trinajstić information content (AvgIpc) is 2.66. The first-order valence-electron chi connectivity index (χ1n) is 8.43. The highest BCUT2D eigenvalue weighted by atomic mass is 32.2. The van der Waals surface area contributed by atoms with E-state index in [-0.39, 0.29) is 6.54 Å². The molecule has 2 N–H and O–H groups in total. The quantitative estimate of drug-likeness (QED) is 0.528. The third-order valence-electron chi connectivity index (χ3n) is 4.67. The molecule has 1 fully saturated rings. The summed E-state index contributed by atoms with van der Waals surface area (Å²) in [6, 6.07) is 7.22. The molecule has 0 saturated carbocycles. The van der Waals surface area contributed by atoms with Crippen LogP contribution < -0.4 is 10.6 Å². The van der Waals surface area contributed by atoms with Crippen molar-refractivity contribution in [2.75, 3.05) is 44.6 Å². The molecule has 0 radical (unpaired) electrons. The molecule has 2 amide bonds. The van der Waals surface area contributed by atoms with Gasteiger partial charge in [0.1, 0.15) is 0 Å². The summed E-state index contributed by atoms with van der Waals surface area (Å²) in [6.45, 7) is 0.767. The van der Waals surface area contributed by atoms with Gasteiger partial charge >= 0.3 is 11.8 Å². The Morgan fingerprint density at radius 3 is 2.41 bits per heavy atom. The lowest BCUT2D eigenvalue weighted by atomic mass is 9.92. The van der Waals surface area contributed by atoms with E-state index in [1.807, 2.05) is 18.4 Å². The van der Waals surface area contributed by atoms with Gasteiger partial charge < -0.3 is 15.4 Å². The van der Waals surface area contributed by atoms with Gasteiger partial charge in [0, 0.05) is 31.6 Å². The van der Waals surface area contributed by atoms with Crippen LogP contribution in [0.25, 0.3) is 0 Å². The van der Waals surface area contributed by atoms with E-state index in [1.165, 1.54) is 29.4 Å². The number of amides is 2. The van der Waals surface area contributed by atoms with Gasteiger partial charge in [0.15, 0.2) is 0 Å². The van der Waals surface area contributed by atoms with Crippen molar-refractivity contribution < 1.29 is 22.7 Å². The molecule has 1 aliphatic heterocycles. The molecule has 2 rings (SSSR count). The van der Waals surface area contributed by atoms with E-state index in [0.29, 0.717) is 31.6 Å². The molecule has 1 saturated heterocycles. The molecule has 0 aliphatic carbocycles. The van der Waals surface area contributed by atoms with Crippen molar-refractivity contribution >= 4 is 39.3 Å². The zero-order chi connectivity index (χ0) is 20.1. The van der Waals surface area contributed by atoms with Gasteiger partial charge in [0.05, 0.1) is 17.5 Å². The zero-order valence-electron chi connectivity index (χ0n) is 15.6. The number of anilines is 1. The number of benzene rings is 1. The Morgan fingerprint density at radius 1 is 1.22 bits per heavy atom. The van der Waals surface area contributed by atoms with Gasteiger partial charge in [-0.15, -0.1) is 11.8 Å². The summed E-state index contributed by atoms with van der Waals surface area (Å²) in [5.41, 5.74) is -0.109. The summed E-state index contributed by atoms with van der Waals surface area (Å²) < 4.78 is 30.2. The minimum atomic E-state index is -3.25. The van der Waals surface area contributed by atoms with Crippen LogP contribution in [0.4, 0.5) is 5.69 Å². The van der Waals surface area contributed by atoms with Crippen LogP contribution in [0.2, 0.25) is 0 Å². The van der Waals surface area contributed by atoms with Crippen molar-refractivity contribution in [1.29, 1.82) is 0 Å². The van der Waals surface area contributed by atoms with Crippen molar-refractivity contribution in [2.45, 2.75) is 23.3 Å². The van der Waals surface area contributed by atoms with Gasteiger partial charge in [-0.3, -0.25) is 9.59 Å². The first-order chi connectivity index (χ1) is 12.7. The molecule has 8 nitrogen and oxygen atoms in total. The second kappa shape index (κ2) is 9.05. The maximum atomic E-state index is 12.2. The molecule has 27 heavy (non-hydrogen) atoms. The molecule has 1 heterocycles. The lowest BCUT2D eigenvalue weighted by Gasteiger charge is -2.39. The number of piperidine rings is 1. The van der Waals surface area contributed by atoms with E-state index >= 15 is 0 Å². The Hall–Kier alpha value is -1.62. The van der Waals surface area contributed by atoms with Gasteiger partial charge in [0.2, 0.25) is 10.0 Å². The summed E-state index contributed by atoms with van der Waals surface area (Å²) in [6.07, 6.45) is 3.93. The van der Waals surface area contributed by atoms with Crippen LogP contribution in [-0.4, -0.2) is 69.4 Å². The Bertz CT molecular complexity index is 790. The van der Waals surface area contributed by atoms with E-state index in [4.69, 9.17) is 4.74 Å². The molecule has 1 aromatic rings. The summed E-state index contributed by atoms with van der Waals surface area (Å²) in [4.78, 5) is 25.2. The highest BCUT2D eigenvalue weighted by Gasteiger charge is 2.37. The number of carbonyl (C=O) groups is 2. The number of hydrogen-bond acceptors (Lipinski definition) is 6. The summed E-state index contributed by atoms with van der Waals surface area (Å²) in [7, 11) is -1.72. The normalized spacial score (nSPS) is 17.3. The van der Waals surface area contributed by atoms with Crippen LogP contribution in [0.3, 0.4) is 0 Å². The highest BCUT2D eigenvalue weighted by molar-refractivity contribution is 7.98. The van der Waals surface area contributed by atoms with E-state index < -0.39 is 27.4 Å². The highest BCUT2D eigenvalue weighted by Crippen LogP contribution is 2.27. The zero-order valence-corrected chi connectivity index (χ0v) is 17.3. The predicted molar refractivity (Wildman–Crippen MR) is 105 cm³/mol. The smallest absolute Gasteiger partial charge is 0.313 e. The maximum absolute atomic E-state index is 12.2. The van der Waals surface area contributed by atoms with Crippen molar-refractivity contribution in [2.24, 2.45) is 0 Å². The fourth-order valence-electron chi connectivity index (χ4n) is 2.93. The second-order valence-electron chi connectivity index (χ2n) is 6.39. The van der Waals surface area contributed by atoms with E-state index in [0.717, 1.165) is 4.90 Å². The number of carbonyl (C=O) groups excluding carboxylic acids is 2. The van der Waals surface area contributed by atoms with Gasteiger partial charge in [-0.25, -0.2) is 12.7 Å². The minimum Gasteiger partial charge on any atom is -0.376 e. The number of nitrogens with zero attached hydrogens (tertiary/aromatic N) is 1. The van der Waals surface area contributed by atoms with Crippen LogP contribution in [-0.2, 0) is 24.3 Å². The molecule has 0 unspecified atom stereocenters. The van der Waals surface area contributed by atoms with E-state index in [1.54, 1.807) is 12.1 Å². The molecule has 1 aliphatic rings. The fourth-order valence-corrected chi connectivity index (χ4v) is 4.33. The third-order valence-corrected chi connectivity index (χ3v) is 6.77. The van der Waals surface area contributed by atoms with Crippen molar-refractivity contribution in [1.82, 2.24) is 9.62 Å². The number of nitrogens with one attached hydrogen (secondary N) is 2. The second-order valence-corrected chi connectivity index (χ2v) is 9.22. The maximum Gasteiger partial charge on any atom is 0.313 e. The Kier molecular flexibility index (Phi) is 7.26. The first kappa shape index (κ1) is 21.7. The first-order valence-corrected chi connectivity index (χ1v) is 11.5. The number of methoxy groups -OCH3 is 1. The van der Waals surface area contributed by atoms with Crippen LogP contribution in [0.5, 0.6) is 0 Å². The predicted octanol–water partition coefficient (Wildman–Crippen LogP) is 0.904. The summed E-state index contributed by atoms with van der Waals surface area (Å²) >= 11 is 1.47. The van der Waals surface area contributed by atoms with Crippen molar-refractivity contribution in [3.05, 3.63) is 24.3 Å². The molecular formula is C17H25N3O5S2. The lowest BCUT2D eigenvalue weighted by Crippen LogP contribution is -2.54. The molecule has 150 valence electrons. The number of sulfonamides is 1. The standard InChI is InChI=1S/C17H25N3O5S2/c1-25-17(8-10-20(11-9-17)27(3,23)24)12-18-15(21)16(22)19-13-6-4-5-7-14(13)26-2/h4-7H,8-12H2,1-3H3,(H,18,21)(H,19,22). The largest absolute Gasteiger partial charge is 0.376 e. The van der Waals surface area contributed by atoms with Crippen molar-refractivity contribution in [3.8, 4) is 0 Å². The molecule has 10 heteroatoms.